The van der Waals surface area contributed by atoms with Gasteiger partial charge in [-0.1, -0.05) is 19.4 Å². The van der Waals surface area contributed by atoms with Gasteiger partial charge in [0.1, 0.15) is 6.10 Å². The van der Waals surface area contributed by atoms with E-state index in [-0.39, 0.29) is 23.2 Å². The molecule has 4 aliphatic carbocycles. The van der Waals surface area contributed by atoms with Crippen LogP contribution in [0.15, 0.2) is 11.1 Å². The largest absolute Gasteiger partial charge is 0.389 e. The smallest absolute Gasteiger partial charge is 0.172 e. The molecule has 9 atom stereocenters. The Morgan fingerprint density at radius 2 is 2.12 bits per heavy atom. The second kappa shape index (κ2) is 5.42. The molecule has 0 aromatic heterocycles. The molecule has 144 valence electrons. The Balaban J connectivity index is 1.68. The predicted octanol–water partition coefficient (Wildman–Crippen LogP) is 3.13. The molecule has 5 rings (SSSR count). The summed E-state index contributed by atoms with van der Waals surface area (Å²) in [5.41, 5.74) is 1.32. The van der Waals surface area contributed by atoms with Gasteiger partial charge in [0.25, 0.3) is 0 Å². The number of hydrogen-bond acceptors (Lipinski definition) is 4. The van der Waals surface area contributed by atoms with Crippen LogP contribution in [0.25, 0.3) is 0 Å². The summed E-state index contributed by atoms with van der Waals surface area (Å²) in [5.74, 6) is 1.50. The van der Waals surface area contributed by atoms with Gasteiger partial charge < -0.3 is 14.6 Å². The number of ether oxygens (including phenoxy) is 2. The van der Waals surface area contributed by atoms with Gasteiger partial charge in [-0.05, 0) is 62.9 Å². The Morgan fingerprint density at radius 3 is 2.77 bits per heavy atom. The van der Waals surface area contributed by atoms with Crippen LogP contribution in [0.5, 0.6) is 0 Å². The highest BCUT2D eigenvalue weighted by Gasteiger charge is 2.75. The zero-order chi connectivity index (χ0) is 18.4. The van der Waals surface area contributed by atoms with Crippen molar-refractivity contribution in [2.24, 2.45) is 35.0 Å². The van der Waals surface area contributed by atoms with Crippen molar-refractivity contribution in [3.05, 3.63) is 11.1 Å². The van der Waals surface area contributed by atoms with Crippen molar-refractivity contribution in [2.75, 3.05) is 13.2 Å². The highest BCUT2D eigenvalue weighted by atomic mass is 16.5. The van der Waals surface area contributed by atoms with E-state index >= 15 is 0 Å². The first kappa shape index (κ1) is 17.4. The average molecular weight is 360 g/mol. The van der Waals surface area contributed by atoms with Crippen molar-refractivity contribution in [3.8, 4) is 0 Å². The zero-order valence-electron chi connectivity index (χ0n) is 16.5. The quantitative estimate of drug-likeness (QED) is 0.769. The Kier molecular flexibility index (Phi) is 3.63. The SMILES string of the molecule is CCO[C@H]1C(=O)[C@]23C[C@H]2C[C@H]2OC[C@H]2C3C(C)[C@]2(O)CCC(C)=C1[C@H]2C. The van der Waals surface area contributed by atoms with Crippen molar-refractivity contribution in [1.82, 2.24) is 0 Å². The molecule has 0 radical (unpaired) electrons. The number of allylic oxidation sites excluding steroid dienone is 1. The molecule has 0 amide bonds. The van der Waals surface area contributed by atoms with Crippen LogP contribution < -0.4 is 0 Å². The van der Waals surface area contributed by atoms with Gasteiger partial charge in [-0.15, -0.1) is 0 Å². The highest BCUT2D eigenvalue weighted by molar-refractivity contribution is 5.95. The van der Waals surface area contributed by atoms with Crippen LogP contribution in [0.1, 0.15) is 53.4 Å². The Labute approximate surface area is 156 Å². The summed E-state index contributed by atoms with van der Waals surface area (Å²) in [6, 6.07) is 0. The van der Waals surface area contributed by atoms with E-state index in [1.165, 1.54) is 5.57 Å². The van der Waals surface area contributed by atoms with Crippen molar-refractivity contribution in [2.45, 2.75) is 71.2 Å². The molecule has 0 aromatic rings. The molecule has 26 heavy (non-hydrogen) atoms. The molecule has 1 saturated heterocycles. The minimum atomic E-state index is -0.743. The minimum absolute atomic E-state index is 0.0253. The third-order valence-corrected chi connectivity index (χ3v) is 8.96. The first-order chi connectivity index (χ1) is 12.4. The molecular weight excluding hydrogens is 328 g/mol. The molecule has 2 unspecified atom stereocenters. The van der Waals surface area contributed by atoms with E-state index < -0.39 is 11.7 Å². The van der Waals surface area contributed by atoms with E-state index in [1.807, 2.05) is 6.92 Å². The van der Waals surface area contributed by atoms with Crippen LogP contribution in [-0.2, 0) is 14.3 Å². The van der Waals surface area contributed by atoms with E-state index in [4.69, 9.17) is 9.47 Å². The topological polar surface area (TPSA) is 55.8 Å². The van der Waals surface area contributed by atoms with E-state index in [0.717, 1.165) is 37.9 Å². The Bertz CT molecular complexity index is 684. The third-order valence-electron chi connectivity index (χ3n) is 8.96. The normalized spacial score (nSPS) is 55.1. The van der Waals surface area contributed by atoms with Crippen LogP contribution in [0.3, 0.4) is 0 Å². The molecule has 4 heteroatoms. The van der Waals surface area contributed by atoms with Gasteiger partial charge in [-0.2, -0.15) is 0 Å². The molecule has 2 bridgehead atoms. The molecule has 0 aromatic carbocycles. The van der Waals surface area contributed by atoms with Gasteiger partial charge in [0.15, 0.2) is 5.78 Å². The Hall–Kier alpha value is -0.710. The fourth-order valence-corrected chi connectivity index (χ4v) is 7.41. The summed E-state index contributed by atoms with van der Waals surface area (Å²) in [6.45, 7) is 9.73. The molecule has 1 N–H and O–H groups in total. The van der Waals surface area contributed by atoms with Crippen molar-refractivity contribution < 1.29 is 19.4 Å². The van der Waals surface area contributed by atoms with Crippen LogP contribution in [-0.4, -0.2) is 41.9 Å². The second-order valence-corrected chi connectivity index (χ2v) is 9.68. The monoisotopic (exact) mass is 360 g/mol. The van der Waals surface area contributed by atoms with Gasteiger partial charge in [0.05, 0.1) is 18.3 Å². The lowest BCUT2D eigenvalue weighted by Crippen LogP contribution is -2.63. The summed E-state index contributed by atoms with van der Waals surface area (Å²) < 4.78 is 12.0. The maximum Gasteiger partial charge on any atom is 0.172 e. The van der Waals surface area contributed by atoms with Crippen LogP contribution in [0.4, 0.5) is 0 Å². The lowest BCUT2D eigenvalue weighted by atomic mass is 9.51. The first-order valence-corrected chi connectivity index (χ1v) is 10.6. The lowest BCUT2D eigenvalue weighted by Gasteiger charge is -2.58. The fourth-order valence-electron chi connectivity index (χ4n) is 7.41. The van der Waals surface area contributed by atoms with Gasteiger partial charge in [-0.25, -0.2) is 0 Å². The van der Waals surface area contributed by atoms with Gasteiger partial charge in [-0.3, -0.25) is 4.79 Å². The number of carbonyl (C=O) groups is 1. The fraction of sp³-hybridized carbons (Fsp3) is 0.864. The lowest BCUT2D eigenvalue weighted by molar-refractivity contribution is -0.214. The standard InChI is InChI=1S/C22H32O4/c1-5-25-19-17-11(2)6-7-22(24,12(17)3)13(4)18-15-10-26-16(15)8-14-9-21(14,18)20(19)23/h12-16,18-19,24H,5-10H2,1-4H3/t12-,13?,14-,15-,16-,18?,19-,21-,22+/m1/s1. The number of fused-ring (bicyclic) bond motifs is 4. The average Bonchev–Trinajstić information content (AvgIpc) is 3.32. The third kappa shape index (κ3) is 1.89. The number of carbonyl (C=O) groups excluding carboxylic acids is 1. The van der Waals surface area contributed by atoms with E-state index in [2.05, 4.69) is 20.8 Å². The van der Waals surface area contributed by atoms with Crippen molar-refractivity contribution >= 4 is 5.78 Å². The zero-order valence-corrected chi connectivity index (χ0v) is 16.5. The number of Topliss-reactive ketones (excluding diaryl/α,β-unsaturated/α-hetero) is 1. The predicted molar refractivity (Wildman–Crippen MR) is 97.5 cm³/mol. The first-order valence-electron chi connectivity index (χ1n) is 10.6. The molecule has 4 nitrogen and oxygen atoms in total. The summed E-state index contributed by atoms with van der Waals surface area (Å²) in [6.07, 6.45) is 3.50. The summed E-state index contributed by atoms with van der Waals surface area (Å²) in [4.78, 5) is 13.9. The number of hydrogen-bond donors (Lipinski definition) is 1. The number of aliphatic hydroxyl groups is 1. The Morgan fingerprint density at radius 1 is 1.35 bits per heavy atom. The van der Waals surface area contributed by atoms with E-state index in [0.29, 0.717) is 30.3 Å². The van der Waals surface area contributed by atoms with Crippen LogP contribution in [0, 0.1) is 35.0 Å². The van der Waals surface area contributed by atoms with Crippen molar-refractivity contribution in [3.63, 3.8) is 0 Å². The minimum Gasteiger partial charge on any atom is -0.389 e. The maximum absolute atomic E-state index is 13.9. The van der Waals surface area contributed by atoms with Gasteiger partial charge in [0, 0.05) is 23.9 Å². The summed E-state index contributed by atoms with van der Waals surface area (Å²) in [5, 5.41) is 11.9. The maximum atomic E-state index is 13.9. The van der Waals surface area contributed by atoms with Crippen molar-refractivity contribution in [1.29, 1.82) is 0 Å². The van der Waals surface area contributed by atoms with E-state index in [9.17, 15) is 9.90 Å². The molecular formula is C22H32O4. The van der Waals surface area contributed by atoms with Crippen LogP contribution in [0.2, 0.25) is 0 Å². The summed E-state index contributed by atoms with van der Waals surface area (Å²) in [7, 11) is 0. The van der Waals surface area contributed by atoms with Gasteiger partial charge >= 0.3 is 0 Å². The van der Waals surface area contributed by atoms with E-state index in [1.54, 1.807) is 0 Å². The van der Waals surface area contributed by atoms with Gasteiger partial charge in [0.2, 0.25) is 0 Å². The molecule has 1 aliphatic heterocycles. The molecule has 1 heterocycles. The molecule has 5 aliphatic rings. The van der Waals surface area contributed by atoms with Crippen LogP contribution >= 0.6 is 0 Å². The molecule has 1 spiro atoms. The molecule has 3 saturated carbocycles. The summed E-state index contributed by atoms with van der Waals surface area (Å²) >= 11 is 0. The highest BCUT2D eigenvalue weighted by Crippen LogP contribution is 2.72. The molecule has 4 fully saturated rings. The second-order valence-electron chi connectivity index (χ2n) is 9.68. The number of rotatable bonds is 2. The number of ketones is 1.